The fourth-order valence-corrected chi connectivity index (χ4v) is 2.98. The molecular formula is C20H19IO4. The average Bonchev–Trinajstić information content (AvgIpc) is 3.05. The summed E-state index contributed by atoms with van der Waals surface area (Å²) >= 11 is 2.12. The fraction of sp³-hybridized carbons (Fsp3) is 0.250. The number of benzene rings is 2. The molecule has 25 heavy (non-hydrogen) atoms. The van der Waals surface area contributed by atoms with E-state index < -0.39 is 0 Å². The van der Waals surface area contributed by atoms with Gasteiger partial charge in [-0.25, -0.2) is 0 Å². The number of hydrogen-bond acceptors (Lipinski definition) is 4. The van der Waals surface area contributed by atoms with E-state index in [0.29, 0.717) is 12.2 Å². The first-order valence-electron chi connectivity index (χ1n) is 8.03. The van der Waals surface area contributed by atoms with Gasteiger partial charge in [-0.05, 0) is 49.1 Å². The second kappa shape index (κ2) is 7.91. The molecule has 1 aliphatic rings. The monoisotopic (exact) mass is 450 g/mol. The van der Waals surface area contributed by atoms with E-state index in [2.05, 4.69) is 22.6 Å². The number of esters is 1. The smallest absolute Gasteiger partial charge is 0.324 e. The number of hydrogen-bond donors (Lipinski definition) is 0. The first kappa shape index (κ1) is 17.8. The minimum Gasteiger partial charge on any atom is -0.454 e. The molecule has 0 aliphatic carbocycles. The molecule has 0 radical (unpaired) electrons. The number of carbonyl (C=O) groups is 1. The standard InChI is InChI=1S/C20H19IO4/c1-13-5-3-6-14(2)19(13)25-20(22)16(21)8-4-7-15-9-10-17-18(11-15)24-12-23-17/h3-7,9-11,16H,8,12H2,1-2H3/b7-4+. The number of halogens is 1. The summed E-state index contributed by atoms with van der Waals surface area (Å²) in [6.07, 6.45) is 4.54. The first-order chi connectivity index (χ1) is 12.0. The molecule has 4 nitrogen and oxygen atoms in total. The summed E-state index contributed by atoms with van der Waals surface area (Å²) in [5.41, 5.74) is 2.94. The van der Waals surface area contributed by atoms with Gasteiger partial charge >= 0.3 is 5.97 Å². The third-order valence-electron chi connectivity index (χ3n) is 3.92. The molecule has 2 aromatic rings. The SMILES string of the molecule is Cc1cccc(C)c1OC(=O)C(I)C/C=C/c1ccc2c(c1)OCO2. The molecule has 0 aromatic heterocycles. The van der Waals surface area contributed by atoms with E-state index in [1.165, 1.54) is 0 Å². The van der Waals surface area contributed by atoms with Crippen LogP contribution in [-0.4, -0.2) is 16.7 Å². The molecule has 0 bridgehead atoms. The number of ether oxygens (including phenoxy) is 3. The van der Waals surface area contributed by atoms with E-state index in [1.54, 1.807) is 0 Å². The summed E-state index contributed by atoms with van der Waals surface area (Å²) in [4.78, 5) is 12.3. The lowest BCUT2D eigenvalue weighted by atomic mass is 10.1. The topological polar surface area (TPSA) is 44.8 Å². The predicted molar refractivity (Wildman–Crippen MR) is 106 cm³/mol. The van der Waals surface area contributed by atoms with Gasteiger partial charge in [0.1, 0.15) is 9.67 Å². The third-order valence-corrected chi connectivity index (χ3v) is 4.93. The van der Waals surface area contributed by atoms with Crippen molar-refractivity contribution in [3.8, 4) is 17.2 Å². The highest BCUT2D eigenvalue weighted by Crippen LogP contribution is 2.33. The summed E-state index contributed by atoms with van der Waals surface area (Å²) in [5, 5.41) is 0. The Morgan fingerprint density at radius 2 is 1.92 bits per heavy atom. The largest absolute Gasteiger partial charge is 0.454 e. The normalized spacial score (nSPS) is 13.9. The van der Waals surface area contributed by atoms with Crippen LogP contribution in [0.2, 0.25) is 0 Å². The van der Waals surface area contributed by atoms with Crippen LogP contribution in [0.4, 0.5) is 0 Å². The number of rotatable bonds is 5. The van der Waals surface area contributed by atoms with Crippen LogP contribution in [0, 0.1) is 13.8 Å². The van der Waals surface area contributed by atoms with Crippen LogP contribution in [0.15, 0.2) is 42.5 Å². The fourth-order valence-electron chi connectivity index (χ4n) is 2.56. The van der Waals surface area contributed by atoms with Gasteiger partial charge in [-0.15, -0.1) is 0 Å². The second-order valence-corrected chi connectivity index (χ2v) is 7.36. The van der Waals surface area contributed by atoms with Gasteiger partial charge < -0.3 is 14.2 Å². The Kier molecular flexibility index (Phi) is 5.63. The van der Waals surface area contributed by atoms with Crippen molar-refractivity contribution in [1.29, 1.82) is 0 Å². The molecule has 0 saturated carbocycles. The maximum Gasteiger partial charge on any atom is 0.324 e. The molecule has 1 unspecified atom stereocenters. The number of aryl methyl sites for hydroxylation is 2. The zero-order valence-electron chi connectivity index (χ0n) is 14.1. The second-order valence-electron chi connectivity index (χ2n) is 5.86. The first-order valence-corrected chi connectivity index (χ1v) is 9.27. The molecule has 0 saturated heterocycles. The maximum absolute atomic E-state index is 12.3. The molecule has 0 fully saturated rings. The Hall–Kier alpha value is -2.02. The molecular weight excluding hydrogens is 431 g/mol. The van der Waals surface area contributed by atoms with E-state index in [0.717, 1.165) is 28.2 Å². The van der Waals surface area contributed by atoms with E-state index in [9.17, 15) is 4.79 Å². The number of fused-ring (bicyclic) bond motifs is 1. The molecule has 130 valence electrons. The molecule has 2 aromatic carbocycles. The molecule has 1 aliphatic heterocycles. The van der Waals surface area contributed by atoms with Gasteiger partial charge in [0.25, 0.3) is 0 Å². The Bertz CT molecular complexity index is 793. The number of carbonyl (C=O) groups excluding carboxylic acids is 1. The van der Waals surface area contributed by atoms with Crippen molar-refractivity contribution >= 4 is 34.6 Å². The highest BCUT2D eigenvalue weighted by atomic mass is 127. The van der Waals surface area contributed by atoms with E-state index in [1.807, 2.05) is 62.4 Å². The van der Waals surface area contributed by atoms with Crippen LogP contribution in [0.1, 0.15) is 23.1 Å². The summed E-state index contributed by atoms with van der Waals surface area (Å²) in [6, 6.07) is 11.6. The van der Waals surface area contributed by atoms with Gasteiger partial charge in [0.05, 0.1) is 0 Å². The summed E-state index contributed by atoms with van der Waals surface area (Å²) in [7, 11) is 0. The molecule has 1 atom stereocenters. The van der Waals surface area contributed by atoms with Crippen LogP contribution >= 0.6 is 22.6 Å². The van der Waals surface area contributed by atoms with Crippen molar-refractivity contribution in [2.45, 2.75) is 24.2 Å². The highest BCUT2D eigenvalue weighted by molar-refractivity contribution is 14.1. The Morgan fingerprint density at radius 3 is 2.68 bits per heavy atom. The van der Waals surface area contributed by atoms with Gasteiger partial charge in [-0.3, -0.25) is 4.79 Å². The van der Waals surface area contributed by atoms with Gasteiger partial charge in [0.15, 0.2) is 11.5 Å². The number of alkyl halides is 1. The van der Waals surface area contributed by atoms with Crippen molar-refractivity contribution in [1.82, 2.24) is 0 Å². The lowest BCUT2D eigenvalue weighted by Crippen LogP contribution is -2.20. The van der Waals surface area contributed by atoms with Crippen LogP contribution < -0.4 is 14.2 Å². The van der Waals surface area contributed by atoms with E-state index in [-0.39, 0.29) is 16.7 Å². The van der Waals surface area contributed by atoms with E-state index in [4.69, 9.17) is 14.2 Å². The van der Waals surface area contributed by atoms with Gasteiger partial charge in [0, 0.05) is 0 Å². The summed E-state index contributed by atoms with van der Waals surface area (Å²) in [5.74, 6) is 1.95. The van der Waals surface area contributed by atoms with Crippen molar-refractivity contribution < 1.29 is 19.0 Å². The van der Waals surface area contributed by atoms with Crippen LogP contribution in [0.5, 0.6) is 17.2 Å². The lowest BCUT2D eigenvalue weighted by molar-refractivity contribution is -0.133. The molecule has 0 N–H and O–H groups in total. The predicted octanol–water partition coefficient (Wildman–Crippen LogP) is 4.84. The molecule has 0 spiro atoms. The van der Waals surface area contributed by atoms with Crippen molar-refractivity contribution in [2.75, 3.05) is 6.79 Å². The Morgan fingerprint density at radius 1 is 1.20 bits per heavy atom. The van der Waals surface area contributed by atoms with Crippen LogP contribution in [0.25, 0.3) is 6.08 Å². The van der Waals surface area contributed by atoms with Gasteiger partial charge in [-0.1, -0.05) is 59.0 Å². The van der Waals surface area contributed by atoms with Gasteiger partial charge in [0.2, 0.25) is 6.79 Å². The average molecular weight is 450 g/mol. The quantitative estimate of drug-likeness (QED) is 0.283. The highest BCUT2D eigenvalue weighted by Gasteiger charge is 2.18. The lowest BCUT2D eigenvalue weighted by Gasteiger charge is -2.12. The molecule has 3 rings (SSSR count). The molecule has 0 amide bonds. The van der Waals surface area contributed by atoms with Crippen molar-refractivity contribution in [2.24, 2.45) is 0 Å². The maximum atomic E-state index is 12.3. The molecule has 5 heteroatoms. The molecule has 1 heterocycles. The van der Waals surface area contributed by atoms with Crippen LogP contribution in [0.3, 0.4) is 0 Å². The van der Waals surface area contributed by atoms with Crippen LogP contribution in [-0.2, 0) is 4.79 Å². The third kappa shape index (κ3) is 4.34. The van der Waals surface area contributed by atoms with Gasteiger partial charge in [-0.2, -0.15) is 0 Å². The Labute approximate surface area is 160 Å². The van der Waals surface area contributed by atoms with E-state index >= 15 is 0 Å². The summed E-state index contributed by atoms with van der Waals surface area (Å²) < 4.78 is 16.0. The van der Waals surface area contributed by atoms with Crippen molar-refractivity contribution in [3.05, 3.63) is 59.2 Å². The number of allylic oxidation sites excluding steroid dienone is 1. The van der Waals surface area contributed by atoms with Crippen molar-refractivity contribution in [3.63, 3.8) is 0 Å². The minimum absolute atomic E-state index is 0.228. The summed E-state index contributed by atoms with van der Waals surface area (Å²) in [6.45, 7) is 4.15. The minimum atomic E-state index is -0.248. The number of para-hydroxylation sites is 1. The zero-order valence-corrected chi connectivity index (χ0v) is 16.3. The zero-order chi connectivity index (χ0) is 17.8. The Balaban J connectivity index is 1.58.